The van der Waals surface area contributed by atoms with Crippen LogP contribution in [0.1, 0.15) is 33.2 Å². The highest BCUT2D eigenvalue weighted by Crippen LogP contribution is 2.21. The Bertz CT molecular complexity index is 1080. The molecule has 1 aromatic carbocycles. The second kappa shape index (κ2) is 9.75. The standard InChI is InChI=1S/C23H29ClN6O2/c1-16-13-17(2)30(26-16)15-21-18(3)32-27-22(21)23(31)25-7-8-28-9-11-29(12-10-28)20-6-4-5-19(24)14-20/h4-6,13-14H,7-12,15H2,1-3H3,(H,25,31). The van der Waals surface area contributed by atoms with Gasteiger partial charge in [-0.15, -0.1) is 0 Å². The highest BCUT2D eigenvalue weighted by atomic mass is 35.5. The molecule has 0 aliphatic carbocycles. The third-order valence-electron chi connectivity index (χ3n) is 5.87. The fourth-order valence-electron chi connectivity index (χ4n) is 4.05. The first-order valence-corrected chi connectivity index (χ1v) is 11.3. The number of anilines is 1. The molecule has 1 fully saturated rings. The van der Waals surface area contributed by atoms with E-state index in [0.717, 1.165) is 60.4 Å². The molecule has 0 bridgehead atoms. The lowest BCUT2D eigenvalue weighted by molar-refractivity contribution is 0.0937. The summed E-state index contributed by atoms with van der Waals surface area (Å²) < 4.78 is 7.18. The lowest BCUT2D eigenvalue weighted by Gasteiger charge is -2.36. The monoisotopic (exact) mass is 456 g/mol. The summed E-state index contributed by atoms with van der Waals surface area (Å²) in [7, 11) is 0. The number of rotatable bonds is 7. The Balaban J connectivity index is 1.27. The minimum atomic E-state index is -0.212. The van der Waals surface area contributed by atoms with E-state index in [1.54, 1.807) is 0 Å². The van der Waals surface area contributed by atoms with Gasteiger partial charge in [0.05, 0.1) is 12.2 Å². The zero-order valence-electron chi connectivity index (χ0n) is 18.8. The van der Waals surface area contributed by atoms with Crippen LogP contribution in [0.25, 0.3) is 0 Å². The topological polar surface area (TPSA) is 79.4 Å². The van der Waals surface area contributed by atoms with Crippen molar-refractivity contribution in [3.63, 3.8) is 0 Å². The first-order valence-electron chi connectivity index (χ1n) is 10.9. The molecule has 4 rings (SSSR count). The molecule has 1 amide bonds. The van der Waals surface area contributed by atoms with Crippen molar-refractivity contribution in [2.45, 2.75) is 27.3 Å². The largest absolute Gasteiger partial charge is 0.369 e. The fourth-order valence-corrected chi connectivity index (χ4v) is 4.24. The fraction of sp³-hybridized carbons (Fsp3) is 0.435. The Hall–Kier alpha value is -2.84. The van der Waals surface area contributed by atoms with Crippen LogP contribution in [-0.4, -0.2) is 65.0 Å². The van der Waals surface area contributed by atoms with Crippen LogP contribution in [0, 0.1) is 20.8 Å². The summed E-state index contributed by atoms with van der Waals surface area (Å²) in [5, 5.41) is 12.2. The first kappa shape index (κ1) is 22.4. The van der Waals surface area contributed by atoms with Gasteiger partial charge in [-0.05, 0) is 45.0 Å². The summed E-state index contributed by atoms with van der Waals surface area (Å²) in [6.45, 7) is 11.3. The maximum Gasteiger partial charge on any atom is 0.273 e. The SMILES string of the molecule is Cc1cc(C)n(Cc2c(C(=O)NCCN3CCN(c4cccc(Cl)c4)CC3)noc2C)n1. The van der Waals surface area contributed by atoms with Crippen molar-refractivity contribution in [2.75, 3.05) is 44.2 Å². The second-order valence-electron chi connectivity index (χ2n) is 8.22. The summed E-state index contributed by atoms with van der Waals surface area (Å²) in [5.74, 6) is 0.427. The number of benzene rings is 1. The molecule has 1 aliphatic rings. The number of nitrogens with zero attached hydrogens (tertiary/aromatic N) is 5. The third kappa shape index (κ3) is 5.14. The number of amides is 1. The van der Waals surface area contributed by atoms with E-state index in [9.17, 15) is 4.79 Å². The predicted molar refractivity (Wildman–Crippen MR) is 124 cm³/mol. The van der Waals surface area contributed by atoms with Crippen molar-refractivity contribution in [3.05, 3.63) is 63.8 Å². The van der Waals surface area contributed by atoms with E-state index in [2.05, 4.69) is 31.4 Å². The van der Waals surface area contributed by atoms with Gasteiger partial charge in [0.25, 0.3) is 5.91 Å². The van der Waals surface area contributed by atoms with Gasteiger partial charge in [-0.1, -0.05) is 22.8 Å². The molecular weight excluding hydrogens is 428 g/mol. The molecule has 0 atom stereocenters. The maximum absolute atomic E-state index is 12.8. The zero-order chi connectivity index (χ0) is 22.7. The smallest absolute Gasteiger partial charge is 0.273 e. The van der Waals surface area contributed by atoms with Crippen LogP contribution in [0.15, 0.2) is 34.9 Å². The number of carbonyl (C=O) groups is 1. The molecule has 170 valence electrons. The van der Waals surface area contributed by atoms with Crippen LogP contribution in [0.2, 0.25) is 5.02 Å². The van der Waals surface area contributed by atoms with Crippen LogP contribution in [-0.2, 0) is 6.54 Å². The number of hydrogen-bond acceptors (Lipinski definition) is 6. The number of nitrogens with one attached hydrogen (secondary N) is 1. The van der Waals surface area contributed by atoms with Crippen LogP contribution in [0.3, 0.4) is 0 Å². The number of carbonyl (C=O) groups excluding carboxylic acids is 1. The Labute approximate surface area is 193 Å². The average molecular weight is 457 g/mol. The van der Waals surface area contributed by atoms with E-state index < -0.39 is 0 Å². The second-order valence-corrected chi connectivity index (χ2v) is 8.65. The number of halogens is 1. The van der Waals surface area contributed by atoms with Gasteiger partial charge in [0.1, 0.15) is 5.76 Å². The molecule has 0 spiro atoms. The van der Waals surface area contributed by atoms with Crippen molar-refractivity contribution >= 4 is 23.2 Å². The Kier molecular flexibility index (Phi) is 6.81. The molecule has 32 heavy (non-hydrogen) atoms. The number of aryl methyl sites for hydroxylation is 3. The minimum absolute atomic E-state index is 0.212. The average Bonchev–Trinajstić information content (AvgIpc) is 3.29. The van der Waals surface area contributed by atoms with Crippen molar-refractivity contribution in [3.8, 4) is 0 Å². The number of piperazine rings is 1. The van der Waals surface area contributed by atoms with E-state index in [-0.39, 0.29) is 5.91 Å². The van der Waals surface area contributed by atoms with E-state index >= 15 is 0 Å². The summed E-state index contributed by atoms with van der Waals surface area (Å²) in [6, 6.07) is 9.97. The van der Waals surface area contributed by atoms with Crippen molar-refractivity contribution in [2.24, 2.45) is 0 Å². The van der Waals surface area contributed by atoms with Crippen molar-refractivity contribution < 1.29 is 9.32 Å². The van der Waals surface area contributed by atoms with Gasteiger partial charge in [-0.25, -0.2) is 0 Å². The van der Waals surface area contributed by atoms with Gasteiger partial charge in [0.15, 0.2) is 5.69 Å². The molecule has 8 nitrogen and oxygen atoms in total. The third-order valence-corrected chi connectivity index (χ3v) is 6.11. The Morgan fingerprint density at radius 2 is 1.94 bits per heavy atom. The van der Waals surface area contributed by atoms with Gasteiger partial charge < -0.3 is 14.7 Å². The molecule has 1 N–H and O–H groups in total. The highest BCUT2D eigenvalue weighted by molar-refractivity contribution is 6.30. The summed E-state index contributed by atoms with van der Waals surface area (Å²) in [6.07, 6.45) is 0. The molecular formula is C23H29ClN6O2. The lowest BCUT2D eigenvalue weighted by atomic mass is 10.2. The summed E-state index contributed by atoms with van der Waals surface area (Å²) >= 11 is 6.11. The normalized spacial score (nSPS) is 14.7. The summed E-state index contributed by atoms with van der Waals surface area (Å²) in [4.78, 5) is 17.5. The van der Waals surface area contributed by atoms with Gasteiger partial charge in [-0.2, -0.15) is 5.10 Å². The molecule has 9 heteroatoms. The van der Waals surface area contributed by atoms with E-state index in [1.165, 1.54) is 0 Å². The van der Waals surface area contributed by atoms with Crippen LogP contribution in [0.4, 0.5) is 5.69 Å². The van der Waals surface area contributed by atoms with Gasteiger partial charge >= 0.3 is 0 Å². The van der Waals surface area contributed by atoms with Crippen molar-refractivity contribution in [1.82, 2.24) is 25.2 Å². The molecule has 3 aromatic rings. The van der Waals surface area contributed by atoms with Gasteiger partial charge in [0, 0.05) is 61.2 Å². The molecule has 3 heterocycles. The molecule has 1 aliphatic heterocycles. The highest BCUT2D eigenvalue weighted by Gasteiger charge is 2.22. The van der Waals surface area contributed by atoms with E-state index in [0.29, 0.717) is 24.5 Å². The van der Waals surface area contributed by atoms with Gasteiger partial charge in [0.2, 0.25) is 0 Å². The molecule has 0 unspecified atom stereocenters. The zero-order valence-corrected chi connectivity index (χ0v) is 19.5. The van der Waals surface area contributed by atoms with Crippen LogP contribution in [0.5, 0.6) is 0 Å². The molecule has 1 saturated heterocycles. The first-order chi connectivity index (χ1) is 15.4. The van der Waals surface area contributed by atoms with Gasteiger partial charge in [-0.3, -0.25) is 14.4 Å². The summed E-state index contributed by atoms with van der Waals surface area (Å²) in [5.41, 5.74) is 4.23. The lowest BCUT2D eigenvalue weighted by Crippen LogP contribution is -2.48. The minimum Gasteiger partial charge on any atom is -0.369 e. The number of hydrogen-bond donors (Lipinski definition) is 1. The Morgan fingerprint density at radius 3 is 2.62 bits per heavy atom. The van der Waals surface area contributed by atoms with E-state index in [4.69, 9.17) is 16.1 Å². The van der Waals surface area contributed by atoms with Crippen LogP contribution < -0.4 is 10.2 Å². The number of aromatic nitrogens is 3. The Morgan fingerprint density at radius 1 is 1.16 bits per heavy atom. The van der Waals surface area contributed by atoms with E-state index in [1.807, 2.05) is 49.7 Å². The molecule has 0 radical (unpaired) electrons. The molecule has 2 aromatic heterocycles. The van der Waals surface area contributed by atoms with Crippen molar-refractivity contribution in [1.29, 1.82) is 0 Å². The predicted octanol–water partition coefficient (Wildman–Crippen LogP) is 3.05. The maximum atomic E-state index is 12.8. The van der Waals surface area contributed by atoms with Crippen LogP contribution >= 0.6 is 11.6 Å². The molecule has 0 saturated carbocycles. The quantitative estimate of drug-likeness (QED) is 0.588.